The second-order valence-electron chi connectivity index (χ2n) is 9.92. The summed E-state index contributed by atoms with van der Waals surface area (Å²) in [5.41, 5.74) is 7.42. The van der Waals surface area contributed by atoms with Crippen molar-refractivity contribution in [3.8, 4) is 5.75 Å². The number of nitrogens with two attached hydrogens (primary N) is 1. The molecule has 0 aliphatic heterocycles. The third-order valence-corrected chi connectivity index (χ3v) is 5.98. The first kappa shape index (κ1) is 31.8. The Kier molecular flexibility index (Phi) is 12.1. The molecule has 0 radical (unpaired) electrons. The standard InChI is InChI=1S/C28H36N4O8/c1-16(2)12-23(28(39)40)32-27(38)22(15-24(34)35)31-26(37)21(14-17-6-4-3-5-7-17)30-25(36)20(29)13-18-8-10-19(33)11-9-18/h3-11,16,20-23,33H,12-15,29H2,1-2H3,(H,30,36)(H,31,37)(H,32,38)(H,34,35)(H,39,40). The van der Waals surface area contributed by atoms with Gasteiger partial charge >= 0.3 is 11.9 Å². The van der Waals surface area contributed by atoms with Crippen LogP contribution in [-0.2, 0) is 36.8 Å². The van der Waals surface area contributed by atoms with Crippen LogP contribution in [0, 0.1) is 5.92 Å². The van der Waals surface area contributed by atoms with Gasteiger partial charge in [0.05, 0.1) is 12.5 Å². The summed E-state index contributed by atoms with van der Waals surface area (Å²) in [6.07, 6.45) is -0.586. The Morgan fingerprint density at radius 3 is 1.80 bits per heavy atom. The average Bonchev–Trinajstić information content (AvgIpc) is 2.88. The Hall–Kier alpha value is -4.45. The van der Waals surface area contributed by atoms with Crippen LogP contribution in [-0.4, -0.2) is 69.1 Å². The summed E-state index contributed by atoms with van der Waals surface area (Å²) in [5, 5.41) is 35.5. The van der Waals surface area contributed by atoms with Crippen molar-refractivity contribution in [2.24, 2.45) is 11.7 Å². The lowest BCUT2D eigenvalue weighted by atomic mass is 10.0. The van der Waals surface area contributed by atoms with Crippen molar-refractivity contribution in [1.29, 1.82) is 0 Å². The fourth-order valence-electron chi connectivity index (χ4n) is 3.94. The molecule has 3 amide bonds. The van der Waals surface area contributed by atoms with Crippen molar-refractivity contribution in [2.75, 3.05) is 0 Å². The van der Waals surface area contributed by atoms with Crippen LogP contribution in [0.1, 0.15) is 37.8 Å². The van der Waals surface area contributed by atoms with E-state index in [1.54, 1.807) is 56.3 Å². The fourth-order valence-corrected chi connectivity index (χ4v) is 3.94. The molecule has 0 aliphatic rings. The van der Waals surface area contributed by atoms with E-state index in [4.69, 9.17) is 5.73 Å². The van der Waals surface area contributed by atoms with Crippen LogP contribution < -0.4 is 21.7 Å². The Labute approximate surface area is 232 Å². The number of carboxylic acids is 2. The summed E-state index contributed by atoms with van der Waals surface area (Å²) in [4.78, 5) is 62.2. The minimum atomic E-state index is -1.60. The van der Waals surface area contributed by atoms with Crippen molar-refractivity contribution >= 4 is 29.7 Å². The molecule has 0 spiro atoms. The Balaban J connectivity index is 2.21. The normalized spacial score (nSPS) is 13.9. The van der Waals surface area contributed by atoms with Crippen LogP contribution in [0.4, 0.5) is 0 Å². The molecule has 2 aromatic carbocycles. The highest BCUT2D eigenvalue weighted by molar-refractivity contribution is 5.95. The number of amides is 3. The van der Waals surface area contributed by atoms with E-state index in [2.05, 4.69) is 16.0 Å². The number of carbonyl (C=O) groups is 5. The highest BCUT2D eigenvalue weighted by Crippen LogP contribution is 2.12. The molecule has 0 saturated heterocycles. The van der Waals surface area contributed by atoms with Gasteiger partial charge in [0.25, 0.3) is 0 Å². The summed E-state index contributed by atoms with van der Waals surface area (Å²) < 4.78 is 0. The summed E-state index contributed by atoms with van der Waals surface area (Å²) in [6, 6.07) is 9.68. The lowest BCUT2D eigenvalue weighted by molar-refractivity contribution is -0.144. The van der Waals surface area contributed by atoms with E-state index in [1.807, 2.05) is 0 Å². The van der Waals surface area contributed by atoms with Crippen molar-refractivity contribution in [1.82, 2.24) is 16.0 Å². The van der Waals surface area contributed by atoms with Crippen LogP contribution >= 0.6 is 0 Å². The number of phenolic OH excluding ortho intramolecular Hbond substituents is 1. The molecule has 4 unspecified atom stereocenters. The van der Waals surface area contributed by atoms with Gasteiger partial charge in [-0.05, 0) is 42.0 Å². The Bertz CT molecular complexity index is 1170. The minimum Gasteiger partial charge on any atom is -0.508 e. The third kappa shape index (κ3) is 10.7. The highest BCUT2D eigenvalue weighted by Gasteiger charge is 2.32. The average molecular weight is 557 g/mol. The first-order valence-electron chi connectivity index (χ1n) is 12.8. The zero-order valence-corrected chi connectivity index (χ0v) is 22.4. The van der Waals surface area contributed by atoms with E-state index in [1.165, 1.54) is 12.1 Å². The Morgan fingerprint density at radius 2 is 1.25 bits per heavy atom. The number of nitrogens with one attached hydrogen (secondary N) is 3. The summed E-state index contributed by atoms with van der Waals surface area (Å²) in [5.74, 6) is -5.18. The maximum atomic E-state index is 13.3. The van der Waals surface area contributed by atoms with E-state index < -0.39 is 60.2 Å². The van der Waals surface area contributed by atoms with Crippen LogP contribution in [0.5, 0.6) is 5.75 Å². The molecule has 4 atom stereocenters. The number of aliphatic carboxylic acids is 2. The van der Waals surface area contributed by atoms with Crippen molar-refractivity contribution in [3.05, 3.63) is 65.7 Å². The third-order valence-electron chi connectivity index (χ3n) is 5.98. The van der Waals surface area contributed by atoms with Gasteiger partial charge in [-0.2, -0.15) is 0 Å². The van der Waals surface area contributed by atoms with E-state index in [9.17, 15) is 39.3 Å². The largest absolute Gasteiger partial charge is 0.508 e. The summed E-state index contributed by atoms with van der Waals surface area (Å²) in [6.45, 7) is 3.53. The molecule has 12 nitrogen and oxygen atoms in total. The molecule has 0 aromatic heterocycles. The highest BCUT2D eigenvalue weighted by atomic mass is 16.4. The van der Waals surface area contributed by atoms with Gasteiger partial charge in [0, 0.05) is 6.42 Å². The first-order chi connectivity index (χ1) is 18.8. The monoisotopic (exact) mass is 556 g/mol. The van der Waals surface area contributed by atoms with Crippen LogP contribution in [0.3, 0.4) is 0 Å². The number of benzene rings is 2. The van der Waals surface area contributed by atoms with Gasteiger partial charge in [-0.25, -0.2) is 4.79 Å². The zero-order valence-electron chi connectivity index (χ0n) is 22.4. The van der Waals surface area contributed by atoms with Gasteiger partial charge in [0.2, 0.25) is 17.7 Å². The molecule has 0 heterocycles. The molecular formula is C28H36N4O8. The topological polar surface area (TPSA) is 208 Å². The molecule has 2 rings (SSSR count). The fraction of sp³-hybridized carbons (Fsp3) is 0.393. The lowest BCUT2D eigenvalue weighted by Crippen LogP contribution is -2.58. The molecule has 8 N–H and O–H groups in total. The van der Waals surface area contributed by atoms with E-state index in [0.29, 0.717) is 11.1 Å². The molecule has 0 fully saturated rings. The predicted molar refractivity (Wildman–Crippen MR) is 145 cm³/mol. The van der Waals surface area contributed by atoms with Crippen molar-refractivity contribution in [3.63, 3.8) is 0 Å². The lowest BCUT2D eigenvalue weighted by Gasteiger charge is -2.25. The molecule has 0 aliphatic carbocycles. The van der Waals surface area contributed by atoms with Gasteiger partial charge in [0.1, 0.15) is 23.9 Å². The molecule has 216 valence electrons. The molecular weight excluding hydrogens is 520 g/mol. The van der Waals surface area contributed by atoms with Crippen LogP contribution in [0.15, 0.2) is 54.6 Å². The zero-order chi connectivity index (χ0) is 29.8. The van der Waals surface area contributed by atoms with E-state index >= 15 is 0 Å². The second kappa shape index (κ2) is 15.2. The SMILES string of the molecule is CC(C)CC(NC(=O)C(CC(=O)O)NC(=O)C(Cc1ccccc1)NC(=O)C(N)Cc1ccc(O)cc1)C(=O)O. The number of hydrogen-bond donors (Lipinski definition) is 7. The summed E-state index contributed by atoms with van der Waals surface area (Å²) >= 11 is 0. The van der Waals surface area contributed by atoms with Gasteiger partial charge in [-0.1, -0.05) is 56.3 Å². The number of aromatic hydroxyl groups is 1. The number of carboxylic acid groups (broad SMARTS) is 2. The van der Waals surface area contributed by atoms with E-state index in [-0.39, 0.29) is 30.9 Å². The molecule has 12 heteroatoms. The second-order valence-corrected chi connectivity index (χ2v) is 9.92. The Morgan fingerprint density at radius 1 is 0.725 bits per heavy atom. The number of hydrogen-bond acceptors (Lipinski definition) is 7. The van der Waals surface area contributed by atoms with Crippen LogP contribution in [0.25, 0.3) is 0 Å². The van der Waals surface area contributed by atoms with Gasteiger partial charge in [0.15, 0.2) is 0 Å². The predicted octanol–water partition coefficient (Wildman–Crippen LogP) is 0.565. The van der Waals surface area contributed by atoms with Gasteiger partial charge in [-0.15, -0.1) is 0 Å². The molecule has 40 heavy (non-hydrogen) atoms. The molecule has 0 bridgehead atoms. The molecule has 2 aromatic rings. The van der Waals surface area contributed by atoms with E-state index in [0.717, 1.165) is 0 Å². The maximum absolute atomic E-state index is 13.3. The van der Waals surface area contributed by atoms with Crippen molar-refractivity contribution in [2.45, 2.75) is 63.7 Å². The van der Waals surface area contributed by atoms with Crippen molar-refractivity contribution < 1.29 is 39.3 Å². The smallest absolute Gasteiger partial charge is 0.326 e. The number of rotatable bonds is 15. The van der Waals surface area contributed by atoms with Gasteiger partial charge < -0.3 is 37.0 Å². The molecule has 0 saturated carbocycles. The van der Waals surface area contributed by atoms with Crippen LogP contribution in [0.2, 0.25) is 0 Å². The summed E-state index contributed by atoms with van der Waals surface area (Å²) in [7, 11) is 0. The maximum Gasteiger partial charge on any atom is 0.326 e. The van der Waals surface area contributed by atoms with Gasteiger partial charge in [-0.3, -0.25) is 19.2 Å². The first-order valence-corrected chi connectivity index (χ1v) is 12.8. The minimum absolute atomic E-state index is 0.0108. The number of carbonyl (C=O) groups excluding carboxylic acids is 3. The number of phenols is 1. The quantitative estimate of drug-likeness (QED) is 0.163.